The maximum Gasteiger partial charge on any atom is 0.255 e. The first kappa shape index (κ1) is 29.6. The van der Waals surface area contributed by atoms with Crippen LogP contribution in [-0.2, 0) is 22.7 Å². The van der Waals surface area contributed by atoms with Gasteiger partial charge in [0.1, 0.15) is 18.4 Å². The van der Waals surface area contributed by atoms with Crippen LogP contribution in [0.5, 0.6) is 5.75 Å². The predicted molar refractivity (Wildman–Crippen MR) is 166 cm³/mol. The highest BCUT2D eigenvalue weighted by atomic mass is 16.5. The monoisotopic (exact) mass is 587 g/mol. The molecule has 6 rings (SSSR count). The fraction of sp³-hybridized carbons (Fsp3) is 0.559. The summed E-state index contributed by atoms with van der Waals surface area (Å²) in [4.78, 5) is 46.1. The molecule has 2 aromatic rings. The molecule has 4 aliphatic rings. The summed E-state index contributed by atoms with van der Waals surface area (Å²) < 4.78 is 6.31. The molecule has 2 atom stereocenters. The molecule has 1 N–H and O–H groups in total. The lowest BCUT2D eigenvalue weighted by Gasteiger charge is -2.43. The number of amides is 3. The fourth-order valence-electron chi connectivity index (χ4n) is 6.97. The van der Waals surface area contributed by atoms with Crippen LogP contribution in [0.15, 0.2) is 42.5 Å². The van der Waals surface area contributed by atoms with Crippen molar-refractivity contribution < 1.29 is 19.1 Å². The van der Waals surface area contributed by atoms with E-state index in [1.165, 1.54) is 24.1 Å². The van der Waals surface area contributed by atoms with Crippen molar-refractivity contribution in [1.82, 2.24) is 20.0 Å². The number of imide groups is 1. The second kappa shape index (κ2) is 12.3. The summed E-state index contributed by atoms with van der Waals surface area (Å²) in [6.45, 7) is 14.1. The SMILES string of the molecule is CC(C)(C)N1CCN(c2ccc(CN3CCCC[C@@H]3COc3ccc4c(c3)CN(C3CCC(=O)NC3=O)C4=O)cc2)CC1. The minimum absolute atomic E-state index is 0.160. The first-order valence-electron chi connectivity index (χ1n) is 15.9. The zero-order valence-corrected chi connectivity index (χ0v) is 25.8. The van der Waals surface area contributed by atoms with Crippen molar-refractivity contribution in [3.63, 3.8) is 0 Å². The van der Waals surface area contributed by atoms with Crippen molar-refractivity contribution in [3.8, 4) is 5.75 Å². The Labute approximate surface area is 255 Å². The van der Waals surface area contributed by atoms with E-state index in [1.54, 1.807) is 4.90 Å². The summed E-state index contributed by atoms with van der Waals surface area (Å²) in [6.07, 6.45) is 4.11. The Bertz CT molecular complexity index is 1350. The van der Waals surface area contributed by atoms with Gasteiger partial charge in [-0.1, -0.05) is 18.6 Å². The molecule has 0 radical (unpaired) electrons. The second-order valence-electron chi connectivity index (χ2n) is 13.5. The van der Waals surface area contributed by atoms with Crippen LogP contribution >= 0.6 is 0 Å². The minimum Gasteiger partial charge on any atom is -0.492 e. The summed E-state index contributed by atoms with van der Waals surface area (Å²) in [5.41, 5.74) is 4.34. The van der Waals surface area contributed by atoms with E-state index < -0.39 is 6.04 Å². The molecular weight excluding hydrogens is 542 g/mol. The van der Waals surface area contributed by atoms with E-state index in [4.69, 9.17) is 4.74 Å². The number of piperidine rings is 2. The van der Waals surface area contributed by atoms with Gasteiger partial charge in [0.2, 0.25) is 11.8 Å². The van der Waals surface area contributed by atoms with Gasteiger partial charge in [0.25, 0.3) is 5.91 Å². The summed E-state index contributed by atoms with van der Waals surface area (Å²) in [7, 11) is 0. The fourth-order valence-corrected chi connectivity index (χ4v) is 6.97. The number of hydrogen-bond donors (Lipinski definition) is 1. The molecule has 4 aliphatic heterocycles. The van der Waals surface area contributed by atoms with E-state index in [0.29, 0.717) is 31.2 Å². The Morgan fingerprint density at radius 1 is 0.907 bits per heavy atom. The highest BCUT2D eigenvalue weighted by Crippen LogP contribution is 2.31. The minimum atomic E-state index is -0.606. The second-order valence-corrected chi connectivity index (χ2v) is 13.5. The van der Waals surface area contributed by atoms with Crippen LogP contribution in [0, 0.1) is 0 Å². The molecule has 0 spiro atoms. The average Bonchev–Trinajstić information content (AvgIpc) is 3.32. The molecule has 43 heavy (non-hydrogen) atoms. The molecule has 3 saturated heterocycles. The first-order chi connectivity index (χ1) is 20.7. The van der Waals surface area contributed by atoms with Gasteiger partial charge in [-0.15, -0.1) is 0 Å². The number of carbonyl (C=O) groups excluding carboxylic acids is 3. The van der Waals surface area contributed by atoms with Crippen LogP contribution in [0.1, 0.15) is 74.4 Å². The average molecular weight is 588 g/mol. The third kappa shape index (κ3) is 6.58. The molecule has 9 nitrogen and oxygen atoms in total. The summed E-state index contributed by atoms with van der Waals surface area (Å²) in [6, 6.07) is 14.4. The Morgan fingerprint density at radius 3 is 2.40 bits per heavy atom. The van der Waals surface area contributed by atoms with Crippen LogP contribution in [0.3, 0.4) is 0 Å². The largest absolute Gasteiger partial charge is 0.492 e. The number of carbonyl (C=O) groups is 3. The molecule has 230 valence electrons. The Balaban J connectivity index is 1.03. The molecule has 0 bridgehead atoms. The van der Waals surface area contributed by atoms with Crippen LogP contribution in [0.4, 0.5) is 5.69 Å². The lowest BCUT2D eigenvalue weighted by Crippen LogP contribution is -2.53. The van der Waals surface area contributed by atoms with Crippen LogP contribution in [0.2, 0.25) is 0 Å². The maximum atomic E-state index is 13.0. The van der Waals surface area contributed by atoms with E-state index in [9.17, 15) is 14.4 Å². The van der Waals surface area contributed by atoms with Crippen LogP contribution < -0.4 is 15.0 Å². The highest BCUT2D eigenvalue weighted by Gasteiger charge is 2.39. The number of benzene rings is 2. The number of piperazine rings is 1. The van der Waals surface area contributed by atoms with Gasteiger partial charge in [0.15, 0.2) is 0 Å². The van der Waals surface area contributed by atoms with Crippen LogP contribution in [0.25, 0.3) is 0 Å². The van der Waals surface area contributed by atoms with E-state index in [0.717, 1.165) is 57.0 Å². The summed E-state index contributed by atoms with van der Waals surface area (Å²) in [5, 5.41) is 2.36. The van der Waals surface area contributed by atoms with E-state index in [2.05, 4.69) is 65.1 Å². The highest BCUT2D eigenvalue weighted by molar-refractivity contribution is 6.05. The maximum absolute atomic E-state index is 13.0. The van der Waals surface area contributed by atoms with Crippen molar-refractivity contribution in [2.45, 2.75) is 83.6 Å². The Kier molecular flexibility index (Phi) is 8.47. The van der Waals surface area contributed by atoms with Gasteiger partial charge in [-0.25, -0.2) is 0 Å². The van der Waals surface area contributed by atoms with Crippen molar-refractivity contribution in [2.75, 3.05) is 44.2 Å². The normalized spacial score (nSPS) is 23.8. The molecule has 1 unspecified atom stereocenters. The number of likely N-dealkylation sites (tertiary alicyclic amines) is 1. The lowest BCUT2D eigenvalue weighted by atomic mass is 10.0. The zero-order chi connectivity index (χ0) is 30.1. The third-order valence-electron chi connectivity index (χ3n) is 9.60. The summed E-state index contributed by atoms with van der Waals surface area (Å²) >= 11 is 0. The quantitative estimate of drug-likeness (QED) is 0.494. The molecule has 0 aromatic heterocycles. The number of nitrogens with zero attached hydrogens (tertiary/aromatic N) is 4. The van der Waals surface area contributed by atoms with Gasteiger partial charge in [-0.05, 0) is 88.0 Å². The number of nitrogens with one attached hydrogen (secondary N) is 1. The number of hydrogen-bond acceptors (Lipinski definition) is 7. The van der Waals surface area contributed by atoms with Crippen molar-refractivity contribution >= 4 is 23.4 Å². The number of ether oxygens (including phenoxy) is 1. The number of anilines is 1. The van der Waals surface area contributed by atoms with E-state index in [1.807, 2.05) is 18.2 Å². The van der Waals surface area contributed by atoms with Crippen molar-refractivity contribution in [3.05, 3.63) is 59.2 Å². The molecular formula is C34H45N5O4. The molecule has 2 aromatic carbocycles. The molecule has 0 saturated carbocycles. The zero-order valence-electron chi connectivity index (χ0n) is 25.8. The lowest BCUT2D eigenvalue weighted by molar-refractivity contribution is -0.136. The van der Waals surface area contributed by atoms with E-state index >= 15 is 0 Å². The van der Waals surface area contributed by atoms with Gasteiger partial charge in [0.05, 0.1) is 0 Å². The topological polar surface area (TPSA) is 85.4 Å². The van der Waals surface area contributed by atoms with Gasteiger partial charge >= 0.3 is 0 Å². The first-order valence-corrected chi connectivity index (χ1v) is 15.9. The van der Waals surface area contributed by atoms with Crippen LogP contribution in [-0.4, -0.2) is 89.4 Å². The molecule has 3 fully saturated rings. The Hall–Kier alpha value is -3.43. The van der Waals surface area contributed by atoms with Gasteiger partial charge in [0, 0.05) is 68.5 Å². The molecule has 4 heterocycles. The Morgan fingerprint density at radius 2 is 1.67 bits per heavy atom. The predicted octanol–water partition coefficient (Wildman–Crippen LogP) is 3.80. The van der Waals surface area contributed by atoms with Gasteiger partial charge < -0.3 is 14.5 Å². The van der Waals surface area contributed by atoms with Gasteiger partial charge in [-0.3, -0.25) is 29.5 Å². The smallest absolute Gasteiger partial charge is 0.255 e. The molecule has 0 aliphatic carbocycles. The molecule has 9 heteroatoms. The molecule has 3 amide bonds. The number of fused-ring (bicyclic) bond motifs is 1. The third-order valence-corrected chi connectivity index (χ3v) is 9.60. The van der Waals surface area contributed by atoms with Crippen molar-refractivity contribution in [2.24, 2.45) is 0 Å². The standard InChI is InChI=1S/C34H45N5O4/c1-34(2,3)38-18-16-36(17-19-38)26-9-7-24(8-10-26)21-37-15-5-4-6-27(37)23-43-28-11-12-29-25(20-28)22-39(33(29)42)30-13-14-31(40)35-32(30)41/h7-12,20,27,30H,4-6,13-19,21-23H2,1-3H3,(H,35,40,41)/t27-,30?/m1/s1. The van der Waals surface area contributed by atoms with E-state index in [-0.39, 0.29) is 29.7 Å². The van der Waals surface area contributed by atoms with Crippen molar-refractivity contribution in [1.29, 1.82) is 0 Å². The van der Waals surface area contributed by atoms with Gasteiger partial charge in [-0.2, -0.15) is 0 Å². The summed E-state index contributed by atoms with van der Waals surface area (Å²) in [5.74, 6) is -0.0779. The number of rotatable bonds is 7.